The lowest BCUT2D eigenvalue weighted by atomic mass is 10.0. The molecule has 3 N–H and O–H groups in total. The van der Waals surface area contributed by atoms with Crippen LogP contribution in [0.5, 0.6) is 0 Å². The van der Waals surface area contributed by atoms with Crippen LogP contribution < -0.4 is 11.1 Å². The number of hydrogen-bond acceptors (Lipinski definition) is 2. The van der Waals surface area contributed by atoms with Gasteiger partial charge in [0.15, 0.2) is 0 Å². The van der Waals surface area contributed by atoms with E-state index in [9.17, 15) is 4.79 Å². The van der Waals surface area contributed by atoms with Crippen molar-refractivity contribution in [1.29, 1.82) is 0 Å². The van der Waals surface area contributed by atoms with Gasteiger partial charge in [-0.1, -0.05) is 31.0 Å². The first-order chi connectivity index (χ1) is 8.61. The van der Waals surface area contributed by atoms with Crippen LogP contribution >= 0.6 is 11.6 Å². The molecule has 2 atom stereocenters. The Morgan fingerprint density at radius 2 is 2.28 bits per heavy atom. The van der Waals surface area contributed by atoms with Crippen molar-refractivity contribution >= 4 is 23.2 Å². The van der Waals surface area contributed by atoms with E-state index < -0.39 is 0 Å². The number of anilines is 1. The Morgan fingerprint density at radius 3 is 2.89 bits per heavy atom. The predicted molar refractivity (Wildman–Crippen MR) is 74.8 cm³/mol. The number of rotatable bonds is 3. The highest BCUT2D eigenvalue weighted by atomic mass is 35.5. The number of benzene rings is 1. The second-order valence-electron chi connectivity index (χ2n) is 4.85. The Hall–Kier alpha value is -1.06. The molecule has 0 saturated heterocycles. The Morgan fingerprint density at radius 1 is 1.50 bits per heavy atom. The van der Waals surface area contributed by atoms with Gasteiger partial charge in [-0.05, 0) is 37.0 Å². The highest BCUT2D eigenvalue weighted by Crippen LogP contribution is 2.27. The minimum Gasteiger partial charge on any atom is -0.327 e. The van der Waals surface area contributed by atoms with Gasteiger partial charge >= 0.3 is 0 Å². The third-order valence-electron chi connectivity index (χ3n) is 3.62. The minimum atomic E-state index is -0.0614. The van der Waals surface area contributed by atoms with Crippen molar-refractivity contribution in [3.8, 4) is 0 Å². The van der Waals surface area contributed by atoms with Crippen LogP contribution in [-0.2, 0) is 11.2 Å². The van der Waals surface area contributed by atoms with E-state index in [-0.39, 0.29) is 17.9 Å². The van der Waals surface area contributed by atoms with Crippen LogP contribution in [0.3, 0.4) is 0 Å². The van der Waals surface area contributed by atoms with Gasteiger partial charge in [-0.3, -0.25) is 4.79 Å². The minimum absolute atomic E-state index is 0.00531. The lowest BCUT2D eigenvalue weighted by Crippen LogP contribution is -2.34. The topological polar surface area (TPSA) is 55.1 Å². The van der Waals surface area contributed by atoms with Gasteiger partial charge in [0.05, 0.1) is 5.92 Å². The molecule has 0 aliphatic heterocycles. The van der Waals surface area contributed by atoms with E-state index in [0.29, 0.717) is 5.02 Å². The average molecular weight is 267 g/mol. The van der Waals surface area contributed by atoms with Crippen LogP contribution in [0.2, 0.25) is 5.02 Å². The first-order valence-corrected chi connectivity index (χ1v) is 6.84. The molecule has 1 fully saturated rings. The molecular weight excluding hydrogens is 248 g/mol. The summed E-state index contributed by atoms with van der Waals surface area (Å²) >= 11 is 5.97. The molecule has 0 heterocycles. The normalized spacial score (nSPS) is 23.1. The molecule has 4 heteroatoms. The number of carbonyl (C=O) groups excluding carboxylic acids is 1. The van der Waals surface area contributed by atoms with Crippen LogP contribution in [0.25, 0.3) is 0 Å². The zero-order chi connectivity index (χ0) is 13.1. The smallest absolute Gasteiger partial charge is 0.229 e. The molecule has 1 saturated carbocycles. The molecule has 98 valence electrons. The molecule has 0 radical (unpaired) electrons. The SMILES string of the molecule is CCc1ccc(Cl)cc1NC(=O)[C@H]1CCC[C@H]1N. The van der Waals surface area contributed by atoms with Crippen LogP contribution in [0, 0.1) is 5.92 Å². The summed E-state index contributed by atoms with van der Waals surface area (Å²) in [6.45, 7) is 2.06. The first-order valence-electron chi connectivity index (χ1n) is 6.46. The maximum Gasteiger partial charge on any atom is 0.229 e. The fourth-order valence-electron chi connectivity index (χ4n) is 2.51. The Kier molecular flexibility index (Phi) is 4.25. The van der Waals surface area contributed by atoms with E-state index in [4.69, 9.17) is 17.3 Å². The molecule has 0 unspecified atom stereocenters. The van der Waals surface area contributed by atoms with Gasteiger partial charge < -0.3 is 11.1 Å². The van der Waals surface area contributed by atoms with E-state index in [0.717, 1.165) is 36.9 Å². The first kappa shape index (κ1) is 13.4. The van der Waals surface area contributed by atoms with Gasteiger partial charge in [0.1, 0.15) is 0 Å². The van der Waals surface area contributed by atoms with Gasteiger partial charge in [0.25, 0.3) is 0 Å². The van der Waals surface area contributed by atoms with Gasteiger partial charge in [-0.25, -0.2) is 0 Å². The summed E-state index contributed by atoms with van der Waals surface area (Å²) < 4.78 is 0. The second-order valence-corrected chi connectivity index (χ2v) is 5.28. The molecule has 3 nitrogen and oxygen atoms in total. The summed E-state index contributed by atoms with van der Waals surface area (Å²) in [7, 11) is 0. The highest BCUT2D eigenvalue weighted by Gasteiger charge is 2.30. The molecule has 1 aromatic carbocycles. The Balaban J connectivity index is 2.13. The quantitative estimate of drug-likeness (QED) is 0.884. The molecule has 1 aliphatic carbocycles. The average Bonchev–Trinajstić information content (AvgIpc) is 2.76. The van der Waals surface area contributed by atoms with Crippen molar-refractivity contribution < 1.29 is 4.79 Å². The summed E-state index contributed by atoms with van der Waals surface area (Å²) in [5.74, 6) is -0.0364. The lowest BCUT2D eigenvalue weighted by molar-refractivity contribution is -0.120. The summed E-state index contributed by atoms with van der Waals surface area (Å²) in [5.41, 5.74) is 7.86. The largest absolute Gasteiger partial charge is 0.327 e. The number of hydrogen-bond donors (Lipinski definition) is 2. The van der Waals surface area contributed by atoms with Gasteiger partial charge in [0, 0.05) is 16.8 Å². The van der Waals surface area contributed by atoms with E-state index in [1.54, 1.807) is 6.07 Å². The summed E-state index contributed by atoms with van der Waals surface area (Å²) in [4.78, 5) is 12.2. The van der Waals surface area contributed by atoms with E-state index in [2.05, 4.69) is 12.2 Å². The second kappa shape index (κ2) is 5.72. The Bertz CT molecular complexity index is 447. The van der Waals surface area contributed by atoms with Crippen molar-refractivity contribution in [2.75, 3.05) is 5.32 Å². The third-order valence-corrected chi connectivity index (χ3v) is 3.85. The summed E-state index contributed by atoms with van der Waals surface area (Å²) in [6, 6.07) is 5.59. The molecule has 18 heavy (non-hydrogen) atoms. The molecule has 2 rings (SSSR count). The van der Waals surface area contributed by atoms with Crippen molar-refractivity contribution in [2.45, 2.75) is 38.6 Å². The number of nitrogens with two attached hydrogens (primary N) is 1. The third kappa shape index (κ3) is 2.85. The van der Waals surface area contributed by atoms with Crippen LogP contribution in [0.1, 0.15) is 31.7 Å². The van der Waals surface area contributed by atoms with E-state index in [1.807, 2.05) is 12.1 Å². The summed E-state index contributed by atoms with van der Waals surface area (Å²) in [5, 5.41) is 3.61. The van der Waals surface area contributed by atoms with Gasteiger partial charge in [-0.2, -0.15) is 0 Å². The molecule has 1 aromatic rings. The standard InChI is InChI=1S/C14H19ClN2O/c1-2-9-6-7-10(15)8-13(9)17-14(18)11-4-3-5-12(11)16/h6-8,11-12H,2-5,16H2,1H3,(H,17,18)/t11-,12+/m0/s1. The van der Waals surface area contributed by atoms with Crippen molar-refractivity contribution in [3.05, 3.63) is 28.8 Å². The zero-order valence-electron chi connectivity index (χ0n) is 10.6. The van der Waals surface area contributed by atoms with Gasteiger partial charge in [-0.15, -0.1) is 0 Å². The maximum absolute atomic E-state index is 12.2. The molecule has 0 bridgehead atoms. The number of halogens is 1. The number of nitrogens with one attached hydrogen (secondary N) is 1. The van der Waals surface area contributed by atoms with Crippen molar-refractivity contribution in [2.24, 2.45) is 11.7 Å². The van der Waals surface area contributed by atoms with E-state index >= 15 is 0 Å². The summed E-state index contributed by atoms with van der Waals surface area (Å²) in [6.07, 6.45) is 3.72. The highest BCUT2D eigenvalue weighted by molar-refractivity contribution is 6.31. The molecule has 0 aromatic heterocycles. The monoisotopic (exact) mass is 266 g/mol. The van der Waals surface area contributed by atoms with Crippen molar-refractivity contribution in [1.82, 2.24) is 0 Å². The fraction of sp³-hybridized carbons (Fsp3) is 0.500. The number of amides is 1. The van der Waals surface area contributed by atoms with Gasteiger partial charge in [0.2, 0.25) is 5.91 Å². The van der Waals surface area contributed by atoms with Crippen LogP contribution in [0.15, 0.2) is 18.2 Å². The lowest BCUT2D eigenvalue weighted by Gasteiger charge is -2.17. The zero-order valence-corrected chi connectivity index (χ0v) is 11.3. The molecule has 1 aliphatic rings. The number of aryl methyl sites for hydroxylation is 1. The van der Waals surface area contributed by atoms with Crippen LogP contribution in [0.4, 0.5) is 5.69 Å². The molecule has 0 spiro atoms. The molecule has 1 amide bonds. The van der Waals surface area contributed by atoms with Crippen molar-refractivity contribution in [3.63, 3.8) is 0 Å². The fourth-order valence-corrected chi connectivity index (χ4v) is 2.69. The Labute approximate surface area is 113 Å². The maximum atomic E-state index is 12.2. The van der Waals surface area contributed by atoms with Crippen LogP contribution in [-0.4, -0.2) is 11.9 Å². The molecular formula is C14H19ClN2O. The predicted octanol–water partition coefficient (Wildman–Crippen LogP) is 2.97. The number of carbonyl (C=O) groups is 1. The van der Waals surface area contributed by atoms with E-state index in [1.165, 1.54) is 0 Å².